The summed E-state index contributed by atoms with van der Waals surface area (Å²) >= 11 is 0. The van der Waals surface area contributed by atoms with E-state index in [-0.39, 0.29) is 12.4 Å². The van der Waals surface area contributed by atoms with Crippen molar-refractivity contribution in [3.63, 3.8) is 0 Å². The van der Waals surface area contributed by atoms with Crippen LogP contribution in [-0.4, -0.2) is 67.0 Å². The number of rotatable bonds is 4. The van der Waals surface area contributed by atoms with Crippen LogP contribution in [0.1, 0.15) is 49.5 Å². The van der Waals surface area contributed by atoms with Crippen LogP contribution in [0.15, 0.2) is 12.1 Å². The van der Waals surface area contributed by atoms with Gasteiger partial charge in [0.15, 0.2) is 35.9 Å². The molecule has 1 saturated carbocycles. The molecule has 1 aliphatic carbocycles. The molecule has 0 radical (unpaired) electrons. The number of esters is 4. The first-order valence-corrected chi connectivity index (χ1v) is 10.5. The normalized spacial score (nSPS) is 28.5. The van der Waals surface area contributed by atoms with Crippen LogP contribution in [0.5, 0.6) is 11.5 Å². The van der Waals surface area contributed by atoms with Crippen molar-refractivity contribution in [1.82, 2.24) is 5.32 Å². The van der Waals surface area contributed by atoms with Crippen molar-refractivity contribution in [3.8, 4) is 11.5 Å². The second-order valence-electron chi connectivity index (χ2n) is 8.11. The van der Waals surface area contributed by atoms with Gasteiger partial charge in [-0.2, -0.15) is 0 Å². The van der Waals surface area contributed by atoms with Crippen molar-refractivity contribution in [2.45, 2.75) is 64.1 Å². The molecule has 1 N–H and O–H groups in total. The molecule has 0 saturated heterocycles. The SMILES string of the molecule is CC(=O)OC1C2NC(=O)c3cc4c(cc3C2C(OC(C)=O)C(OC(C)=O)C1OC(C)=O)OCO4. The van der Waals surface area contributed by atoms with E-state index in [1.54, 1.807) is 6.07 Å². The number of benzene rings is 1. The van der Waals surface area contributed by atoms with E-state index in [1.807, 2.05) is 0 Å². The monoisotopic (exact) mass is 477 g/mol. The molecular formula is C22H23NO11. The third kappa shape index (κ3) is 4.22. The molecule has 34 heavy (non-hydrogen) atoms. The Bertz CT molecular complexity index is 1070. The minimum absolute atomic E-state index is 0.0397. The third-order valence-electron chi connectivity index (χ3n) is 5.72. The average Bonchev–Trinajstić information content (AvgIpc) is 3.18. The number of amides is 1. The Balaban J connectivity index is 1.91. The van der Waals surface area contributed by atoms with E-state index in [9.17, 15) is 24.0 Å². The number of carbonyl (C=O) groups excluding carboxylic acids is 5. The molecule has 0 aromatic heterocycles. The Kier molecular flexibility index (Phi) is 6.07. The molecule has 1 aromatic rings. The standard InChI is InChI=1S/C22H23NO11/c1-8(24)31-18-16-12-5-14-15(30-7-29-14)6-13(12)22(28)23-17(16)19(32-9(2)25)21(34-11(4)27)20(18)33-10(3)26/h5-6,16-21H,7H2,1-4H3,(H,23,28). The van der Waals surface area contributed by atoms with E-state index in [2.05, 4.69) is 5.32 Å². The van der Waals surface area contributed by atoms with Gasteiger partial charge in [-0.3, -0.25) is 24.0 Å². The van der Waals surface area contributed by atoms with Gasteiger partial charge in [-0.1, -0.05) is 0 Å². The quantitative estimate of drug-likeness (QED) is 0.472. The van der Waals surface area contributed by atoms with E-state index in [1.165, 1.54) is 13.0 Å². The van der Waals surface area contributed by atoms with Gasteiger partial charge in [-0.05, 0) is 17.7 Å². The average molecular weight is 477 g/mol. The summed E-state index contributed by atoms with van der Waals surface area (Å²) in [6, 6.07) is 2.07. The smallest absolute Gasteiger partial charge is 0.303 e. The van der Waals surface area contributed by atoms with Crippen LogP contribution in [0.4, 0.5) is 0 Å². The minimum Gasteiger partial charge on any atom is -0.458 e. The van der Waals surface area contributed by atoms with E-state index < -0.39 is 66.2 Å². The maximum absolute atomic E-state index is 13.0. The lowest BCUT2D eigenvalue weighted by Crippen LogP contribution is -2.69. The van der Waals surface area contributed by atoms with E-state index in [0.29, 0.717) is 17.1 Å². The highest BCUT2D eigenvalue weighted by Gasteiger charge is 2.60. The molecule has 3 aliphatic rings. The Morgan fingerprint density at radius 3 is 1.79 bits per heavy atom. The van der Waals surface area contributed by atoms with Gasteiger partial charge in [-0.15, -0.1) is 0 Å². The Labute approximate surface area is 193 Å². The zero-order valence-electron chi connectivity index (χ0n) is 18.8. The molecule has 2 heterocycles. The lowest BCUT2D eigenvalue weighted by molar-refractivity contribution is -0.217. The van der Waals surface area contributed by atoms with Gasteiger partial charge in [0.25, 0.3) is 5.91 Å². The second-order valence-corrected chi connectivity index (χ2v) is 8.11. The van der Waals surface area contributed by atoms with E-state index in [4.69, 9.17) is 28.4 Å². The fraction of sp³-hybridized carbons (Fsp3) is 0.500. The summed E-state index contributed by atoms with van der Waals surface area (Å²) < 4.78 is 32.7. The first-order valence-electron chi connectivity index (χ1n) is 10.5. The molecule has 4 rings (SSSR count). The molecule has 12 nitrogen and oxygen atoms in total. The van der Waals surface area contributed by atoms with Gasteiger partial charge in [-0.25, -0.2) is 0 Å². The predicted molar refractivity (Wildman–Crippen MR) is 109 cm³/mol. The van der Waals surface area contributed by atoms with Gasteiger partial charge in [0.05, 0.1) is 6.04 Å². The fourth-order valence-electron chi connectivity index (χ4n) is 4.71. The van der Waals surface area contributed by atoms with Crippen molar-refractivity contribution < 1.29 is 52.4 Å². The number of carbonyl (C=O) groups is 5. The molecular weight excluding hydrogens is 454 g/mol. The zero-order valence-corrected chi connectivity index (χ0v) is 18.8. The summed E-state index contributed by atoms with van der Waals surface area (Å²) in [5, 5.41) is 2.77. The predicted octanol–water partition coefficient (Wildman–Crippen LogP) is 0.351. The van der Waals surface area contributed by atoms with Crippen LogP contribution in [0.25, 0.3) is 0 Å². The van der Waals surface area contributed by atoms with Crippen molar-refractivity contribution in [1.29, 1.82) is 0 Å². The topological polar surface area (TPSA) is 153 Å². The summed E-state index contributed by atoms with van der Waals surface area (Å²) in [5.74, 6) is -3.57. The number of nitrogens with one attached hydrogen (secondary N) is 1. The van der Waals surface area contributed by atoms with Crippen molar-refractivity contribution in [2.75, 3.05) is 6.79 Å². The third-order valence-corrected chi connectivity index (χ3v) is 5.72. The molecule has 2 aliphatic heterocycles. The molecule has 1 amide bonds. The molecule has 12 heteroatoms. The van der Waals surface area contributed by atoms with Crippen LogP contribution in [0.3, 0.4) is 0 Å². The molecule has 1 aromatic carbocycles. The summed E-state index contributed by atoms with van der Waals surface area (Å²) in [6.45, 7) is 4.54. The Morgan fingerprint density at radius 1 is 0.765 bits per heavy atom. The second kappa shape index (κ2) is 8.84. The highest BCUT2D eigenvalue weighted by molar-refractivity contribution is 5.98. The van der Waals surface area contributed by atoms with Gasteiger partial charge < -0.3 is 33.7 Å². The molecule has 6 atom stereocenters. The summed E-state index contributed by atoms with van der Waals surface area (Å²) in [5.41, 5.74) is 0.622. The molecule has 1 fully saturated rings. The number of hydrogen-bond acceptors (Lipinski definition) is 11. The molecule has 182 valence electrons. The van der Waals surface area contributed by atoms with Gasteiger partial charge in [0, 0.05) is 39.2 Å². The highest BCUT2D eigenvalue weighted by Crippen LogP contribution is 2.47. The van der Waals surface area contributed by atoms with Crippen molar-refractivity contribution in [2.24, 2.45) is 0 Å². The first-order chi connectivity index (χ1) is 16.1. The largest absolute Gasteiger partial charge is 0.458 e. The van der Waals surface area contributed by atoms with Gasteiger partial charge in [0.1, 0.15) is 0 Å². The van der Waals surface area contributed by atoms with Crippen LogP contribution in [0.2, 0.25) is 0 Å². The van der Waals surface area contributed by atoms with Gasteiger partial charge >= 0.3 is 23.9 Å². The van der Waals surface area contributed by atoms with Crippen LogP contribution >= 0.6 is 0 Å². The Hall–Kier alpha value is -3.83. The summed E-state index contributed by atoms with van der Waals surface area (Å²) in [6.07, 6.45) is -5.18. The zero-order chi connectivity index (χ0) is 24.7. The maximum atomic E-state index is 13.0. The number of fused-ring (bicyclic) bond motifs is 4. The lowest BCUT2D eigenvalue weighted by atomic mass is 9.69. The van der Waals surface area contributed by atoms with Crippen LogP contribution in [-0.2, 0) is 38.1 Å². The van der Waals surface area contributed by atoms with E-state index in [0.717, 1.165) is 20.8 Å². The van der Waals surface area contributed by atoms with Crippen LogP contribution < -0.4 is 14.8 Å². The fourth-order valence-corrected chi connectivity index (χ4v) is 4.71. The van der Waals surface area contributed by atoms with E-state index >= 15 is 0 Å². The lowest BCUT2D eigenvalue weighted by Gasteiger charge is -2.50. The summed E-state index contributed by atoms with van der Waals surface area (Å²) in [7, 11) is 0. The highest BCUT2D eigenvalue weighted by atomic mass is 16.7. The van der Waals surface area contributed by atoms with Crippen molar-refractivity contribution >= 4 is 29.8 Å². The maximum Gasteiger partial charge on any atom is 0.303 e. The summed E-state index contributed by atoms with van der Waals surface area (Å²) in [4.78, 5) is 61.0. The number of ether oxygens (including phenoxy) is 6. The van der Waals surface area contributed by atoms with Crippen molar-refractivity contribution in [3.05, 3.63) is 23.3 Å². The number of hydrogen-bond donors (Lipinski definition) is 1. The molecule has 0 bridgehead atoms. The molecule has 6 unspecified atom stereocenters. The van der Waals surface area contributed by atoms with Crippen LogP contribution in [0, 0.1) is 0 Å². The minimum atomic E-state index is -1.37. The molecule has 0 spiro atoms. The van der Waals surface area contributed by atoms with Gasteiger partial charge in [0.2, 0.25) is 6.79 Å². The Morgan fingerprint density at radius 2 is 1.24 bits per heavy atom. The first kappa shape index (κ1) is 23.3.